The summed E-state index contributed by atoms with van der Waals surface area (Å²) in [5, 5.41) is 12.8. The third-order valence-corrected chi connectivity index (χ3v) is 5.83. The predicted molar refractivity (Wildman–Crippen MR) is 123 cm³/mol. The lowest BCUT2D eigenvalue weighted by molar-refractivity contribution is -0.113. The van der Waals surface area contributed by atoms with Gasteiger partial charge in [0.25, 0.3) is 0 Å². The van der Waals surface area contributed by atoms with Crippen molar-refractivity contribution in [3.05, 3.63) is 53.1 Å². The van der Waals surface area contributed by atoms with Gasteiger partial charge in [0.15, 0.2) is 11.0 Å². The van der Waals surface area contributed by atoms with E-state index in [9.17, 15) is 4.79 Å². The maximum atomic E-state index is 12.4. The van der Waals surface area contributed by atoms with Gasteiger partial charge in [0.2, 0.25) is 5.91 Å². The molecular formula is C22H25ClN4O2S. The molecule has 0 aliphatic rings. The Kier molecular flexibility index (Phi) is 7.39. The van der Waals surface area contributed by atoms with Gasteiger partial charge in [-0.1, -0.05) is 49.3 Å². The van der Waals surface area contributed by atoms with Crippen molar-refractivity contribution in [2.45, 2.75) is 38.4 Å². The van der Waals surface area contributed by atoms with Crippen molar-refractivity contribution in [2.24, 2.45) is 0 Å². The molecule has 0 fully saturated rings. The van der Waals surface area contributed by atoms with E-state index < -0.39 is 0 Å². The normalized spacial score (nSPS) is 11.0. The summed E-state index contributed by atoms with van der Waals surface area (Å²) in [6.45, 7) is 6.94. The Morgan fingerprint density at radius 1 is 1.20 bits per heavy atom. The highest BCUT2D eigenvalue weighted by Gasteiger charge is 2.18. The number of thioether (sulfide) groups is 1. The summed E-state index contributed by atoms with van der Waals surface area (Å²) < 4.78 is 7.39. The minimum absolute atomic E-state index is 0.0927. The monoisotopic (exact) mass is 444 g/mol. The molecule has 0 saturated heterocycles. The van der Waals surface area contributed by atoms with Crippen LogP contribution in [0.5, 0.6) is 5.75 Å². The zero-order chi connectivity index (χ0) is 21.7. The Balaban J connectivity index is 1.70. The van der Waals surface area contributed by atoms with Crippen LogP contribution in [0.2, 0.25) is 5.02 Å². The number of hydrogen-bond donors (Lipinski definition) is 1. The van der Waals surface area contributed by atoms with Crippen molar-refractivity contribution in [2.75, 3.05) is 18.2 Å². The largest absolute Gasteiger partial charge is 0.496 e. The molecule has 0 aliphatic heterocycles. The summed E-state index contributed by atoms with van der Waals surface area (Å²) in [7, 11) is 1.60. The number of aromatic nitrogens is 3. The molecule has 30 heavy (non-hydrogen) atoms. The molecule has 3 rings (SSSR count). The van der Waals surface area contributed by atoms with Gasteiger partial charge in [-0.05, 0) is 48.7 Å². The van der Waals surface area contributed by atoms with Gasteiger partial charge >= 0.3 is 0 Å². The number of hydrogen-bond acceptors (Lipinski definition) is 5. The van der Waals surface area contributed by atoms with Crippen molar-refractivity contribution in [3.63, 3.8) is 0 Å². The quantitative estimate of drug-likeness (QED) is 0.466. The molecule has 0 spiro atoms. The molecule has 158 valence electrons. The van der Waals surface area contributed by atoms with E-state index in [0.29, 0.717) is 34.2 Å². The van der Waals surface area contributed by atoms with Gasteiger partial charge in [-0.2, -0.15) is 0 Å². The fraction of sp³-hybridized carbons (Fsp3) is 0.318. The molecular weight excluding hydrogens is 420 g/mol. The van der Waals surface area contributed by atoms with Crippen molar-refractivity contribution in [1.29, 1.82) is 0 Å². The van der Waals surface area contributed by atoms with E-state index in [0.717, 1.165) is 11.3 Å². The van der Waals surface area contributed by atoms with Crippen LogP contribution in [-0.2, 0) is 11.3 Å². The average Bonchev–Trinajstić information content (AvgIpc) is 3.15. The first kappa shape index (κ1) is 22.2. The topological polar surface area (TPSA) is 69.0 Å². The van der Waals surface area contributed by atoms with E-state index >= 15 is 0 Å². The minimum atomic E-state index is -0.0927. The molecule has 3 aromatic rings. The average molecular weight is 445 g/mol. The molecule has 0 atom stereocenters. The van der Waals surface area contributed by atoms with Gasteiger partial charge < -0.3 is 14.6 Å². The minimum Gasteiger partial charge on any atom is -0.496 e. The van der Waals surface area contributed by atoms with Crippen LogP contribution >= 0.6 is 23.4 Å². The molecule has 0 saturated carbocycles. The standard InChI is InChI=1S/C22H25ClN4O2S/c1-5-27-21(18-12-16(23)8-11-19(18)29-4)25-26-22(27)30-13-20(28)24-17-9-6-15(7-10-17)14(2)3/h6-12,14H,5,13H2,1-4H3,(H,24,28). The van der Waals surface area contributed by atoms with E-state index in [1.807, 2.05) is 35.8 Å². The summed E-state index contributed by atoms with van der Waals surface area (Å²) in [5.41, 5.74) is 2.79. The van der Waals surface area contributed by atoms with Crippen molar-refractivity contribution in [1.82, 2.24) is 14.8 Å². The number of rotatable bonds is 8. The molecule has 6 nitrogen and oxygen atoms in total. The highest BCUT2D eigenvalue weighted by atomic mass is 35.5. The van der Waals surface area contributed by atoms with Crippen LogP contribution in [0.25, 0.3) is 11.4 Å². The Hall–Kier alpha value is -2.51. The maximum Gasteiger partial charge on any atom is 0.234 e. The summed E-state index contributed by atoms with van der Waals surface area (Å²) in [5.74, 6) is 1.92. The fourth-order valence-corrected chi connectivity index (χ4v) is 3.99. The number of amides is 1. The summed E-state index contributed by atoms with van der Waals surface area (Å²) in [4.78, 5) is 12.4. The number of nitrogens with one attached hydrogen (secondary N) is 1. The molecule has 1 amide bonds. The van der Waals surface area contributed by atoms with Gasteiger partial charge in [0, 0.05) is 17.3 Å². The predicted octanol–water partition coefficient (Wildman–Crippen LogP) is 5.48. The third-order valence-electron chi connectivity index (χ3n) is 4.63. The summed E-state index contributed by atoms with van der Waals surface area (Å²) in [6, 6.07) is 13.3. The lowest BCUT2D eigenvalue weighted by Crippen LogP contribution is -2.14. The number of methoxy groups -OCH3 is 1. The van der Waals surface area contributed by atoms with Crippen molar-refractivity contribution >= 4 is 35.0 Å². The zero-order valence-electron chi connectivity index (χ0n) is 17.5. The van der Waals surface area contributed by atoms with Crippen LogP contribution in [-0.4, -0.2) is 33.5 Å². The SMILES string of the molecule is CCn1c(SCC(=O)Nc2ccc(C(C)C)cc2)nnc1-c1cc(Cl)ccc1OC. The second-order valence-corrected chi connectivity index (χ2v) is 8.39. The Morgan fingerprint density at radius 2 is 1.93 bits per heavy atom. The van der Waals surface area contributed by atoms with Gasteiger partial charge in [-0.25, -0.2) is 0 Å². The number of nitrogens with zero attached hydrogens (tertiary/aromatic N) is 3. The summed E-state index contributed by atoms with van der Waals surface area (Å²) >= 11 is 7.51. The molecule has 1 heterocycles. The lowest BCUT2D eigenvalue weighted by atomic mass is 10.0. The lowest BCUT2D eigenvalue weighted by Gasteiger charge is -2.11. The van der Waals surface area contributed by atoms with E-state index in [1.54, 1.807) is 25.3 Å². The number of anilines is 1. The number of carbonyl (C=O) groups excluding carboxylic acids is 1. The summed E-state index contributed by atoms with van der Waals surface area (Å²) in [6.07, 6.45) is 0. The molecule has 8 heteroatoms. The smallest absolute Gasteiger partial charge is 0.234 e. The molecule has 0 radical (unpaired) electrons. The maximum absolute atomic E-state index is 12.4. The van der Waals surface area contributed by atoms with Gasteiger partial charge in [0.05, 0.1) is 18.4 Å². The van der Waals surface area contributed by atoms with E-state index in [4.69, 9.17) is 16.3 Å². The molecule has 0 unspecified atom stereocenters. The van der Waals surface area contributed by atoms with Crippen LogP contribution in [0, 0.1) is 0 Å². The van der Waals surface area contributed by atoms with Gasteiger partial charge in [-0.15, -0.1) is 10.2 Å². The molecule has 0 bridgehead atoms. The van der Waals surface area contributed by atoms with Gasteiger partial charge in [-0.3, -0.25) is 4.79 Å². The third kappa shape index (κ3) is 5.15. The zero-order valence-corrected chi connectivity index (χ0v) is 19.0. The van der Waals surface area contributed by atoms with E-state index in [2.05, 4.69) is 29.4 Å². The number of halogens is 1. The van der Waals surface area contributed by atoms with E-state index in [-0.39, 0.29) is 11.7 Å². The first-order valence-electron chi connectivity index (χ1n) is 9.72. The Morgan fingerprint density at radius 3 is 2.57 bits per heavy atom. The van der Waals surface area contributed by atoms with Crippen LogP contribution in [0.4, 0.5) is 5.69 Å². The number of carbonyl (C=O) groups is 1. The van der Waals surface area contributed by atoms with Gasteiger partial charge in [0.1, 0.15) is 5.75 Å². The second kappa shape index (κ2) is 10.00. The highest BCUT2D eigenvalue weighted by molar-refractivity contribution is 7.99. The van der Waals surface area contributed by atoms with Crippen LogP contribution in [0.3, 0.4) is 0 Å². The Labute approximate surface area is 186 Å². The first-order valence-corrected chi connectivity index (χ1v) is 11.1. The number of benzene rings is 2. The van der Waals surface area contributed by atoms with Crippen molar-refractivity contribution < 1.29 is 9.53 Å². The first-order chi connectivity index (χ1) is 14.4. The fourth-order valence-electron chi connectivity index (χ4n) is 3.01. The van der Waals surface area contributed by atoms with Crippen LogP contribution < -0.4 is 10.1 Å². The molecule has 0 aliphatic carbocycles. The highest BCUT2D eigenvalue weighted by Crippen LogP contribution is 2.33. The molecule has 1 N–H and O–H groups in total. The van der Waals surface area contributed by atoms with E-state index in [1.165, 1.54) is 17.3 Å². The van der Waals surface area contributed by atoms with Crippen LogP contribution in [0.1, 0.15) is 32.3 Å². The van der Waals surface area contributed by atoms with Crippen molar-refractivity contribution in [3.8, 4) is 17.1 Å². The number of ether oxygens (including phenoxy) is 1. The second-order valence-electron chi connectivity index (χ2n) is 7.01. The van der Waals surface area contributed by atoms with Crippen LogP contribution in [0.15, 0.2) is 47.6 Å². The Bertz CT molecular complexity index is 1020. The molecule has 2 aromatic carbocycles. The molecule has 1 aromatic heterocycles.